The number of rotatable bonds is 2. The third-order valence-electron chi connectivity index (χ3n) is 3.20. The lowest BCUT2D eigenvalue weighted by Crippen LogP contribution is -2.13. The van der Waals surface area contributed by atoms with E-state index in [2.05, 4.69) is 39.9 Å². The van der Waals surface area contributed by atoms with Crippen LogP contribution in [0, 0.1) is 13.8 Å². The minimum Gasteiger partial charge on any atom is -0.397 e. The van der Waals surface area contributed by atoms with Gasteiger partial charge in [-0.1, -0.05) is 33.6 Å². The smallest absolute Gasteiger partial charge is 0.0645 e. The van der Waals surface area contributed by atoms with E-state index < -0.39 is 0 Å². The minimum absolute atomic E-state index is 0.678. The van der Waals surface area contributed by atoms with Gasteiger partial charge in [0, 0.05) is 22.2 Å². The van der Waals surface area contributed by atoms with Crippen molar-refractivity contribution in [3.8, 4) is 0 Å². The highest BCUT2D eigenvalue weighted by molar-refractivity contribution is 9.10. The Labute approximate surface area is 127 Å². The van der Waals surface area contributed by atoms with Gasteiger partial charge < -0.3 is 10.6 Å². The molecule has 2 rings (SSSR count). The van der Waals surface area contributed by atoms with Gasteiger partial charge in [0.15, 0.2) is 0 Å². The van der Waals surface area contributed by atoms with E-state index in [4.69, 9.17) is 17.3 Å². The number of aryl methyl sites for hydroxylation is 2. The molecule has 0 aliphatic rings. The van der Waals surface area contributed by atoms with Crippen molar-refractivity contribution in [3.63, 3.8) is 0 Å². The van der Waals surface area contributed by atoms with Crippen molar-refractivity contribution in [1.82, 2.24) is 0 Å². The third-order valence-corrected chi connectivity index (χ3v) is 4.10. The summed E-state index contributed by atoms with van der Waals surface area (Å²) in [5.74, 6) is 0. The first-order chi connectivity index (χ1) is 8.90. The Balaban J connectivity index is 2.52. The summed E-state index contributed by atoms with van der Waals surface area (Å²) in [5, 5.41) is 0.695. The van der Waals surface area contributed by atoms with Crippen LogP contribution in [0.4, 0.5) is 17.1 Å². The maximum atomic E-state index is 6.09. The van der Waals surface area contributed by atoms with Crippen molar-refractivity contribution >= 4 is 44.6 Å². The summed E-state index contributed by atoms with van der Waals surface area (Å²) < 4.78 is 1.05. The maximum absolute atomic E-state index is 6.09. The molecule has 0 radical (unpaired) electrons. The largest absolute Gasteiger partial charge is 0.397 e. The van der Waals surface area contributed by atoms with Gasteiger partial charge in [0.05, 0.1) is 11.4 Å². The summed E-state index contributed by atoms with van der Waals surface area (Å²) in [6.07, 6.45) is 0. The summed E-state index contributed by atoms with van der Waals surface area (Å²) >= 11 is 9.59. The van der Waals surface area contributed by atoms with Crippen molar-refractivity contribution in [2.24, 2.45) is 0 Å². The first-order valence-corrected chi connectivity index (χ1v) is 7.12. The molecule has 2 aromatic rings. The third kappa shape index (κ3) is 2.88. The zero-order valence-electron chi connectivity index (χ0n) is 11.2. The number of nitrogen functional groups attached to an aromatic ring is 1. The lowest BCUT2D eigenvalue weighted by atomic mass is 10.1. The number of hydrogen-bond acceptors (Lipinski definition) is 2. The lowest BCUT2D eigenvalue weighted by molar-refractivity contribution is 1.18. The van der Waals surface area contributed by atoms with Crippen molar-refractivity contribution in [2.75, 3.05) is 17.7 Å². The molecule has 0 amide bonds. The molecule has 0 spiro atoms. The van der Waals surface area contributed by atoms with Crippen molar-refractivity contribution in [2.45, 2.75) is 13.8 Å². The van der Waals surface area contributed by atoms with Crippen LogP contribution in [0.5, 0.6) is 0 Å². The SMILES string of the molecule is Cc1cc(N(C)c2cc(Br)ccc2C)c(N)cc1Cl. The van der Waals surface area contributed by atoms with E-state index >= 15 is 0 Å². The van der Waals surface area contributed by atoms with Gasteiger partial charge in [-0.2, -0.15) is 0 Å². The molecule has 19 heavy (non-hydrogen) atoms. The monoisotopic (exact) mass is 338 g/mol. The topological polar surface area (TPSA) is 29.3 Å². The Morgan fingerprint density at radius 2 is 1.74 bits per heavy atom. The number of nitrogens with two attached hydrogens (primary N) is 1. The highest BCUT2D eigenvalue weighted by Gasteiger charge is 2.12. The number of halogens is 2. The van der Waals surface area contributed by atoms with Gasteiger partial charge in [0.25, 0.3) is 0 Å². The zero-order chi connectivity index (χ0) is 14.2. The van der Waals surface area contributed by atoms with Crippen LogP contribution in [0.25, 0.3) is 0 Å². The predicted octanol–water partition coefficient (Wildman–Crippen LogP) is 5.07. The van der Waals surface area contributed by atoms with E-state index in [9.17, 15) is 0 Å². The van der Waals surface area contributed by atoms with Crippen LogP contribution in [-0.4, -0.2) is 7.05 Å². The summed E-state index contributed by atoms with van der Waals surface area (Å²) in [5.41, 5.74) is 11.0. The molecule has 0 heterocycles. The fourth-order valence-corrected chi connectivity index (χ4v) is 2.57. The molecule has 0 aromatic heterocycles. The average molecular weight is 340 g/mol. The lowest BCUT2D eigenvalue weighted by Gasteiger charge is -2.24. The molecule has 100 valence electrons. The van der Waals surface area contributed by atoms with Crippen molar-refractivity contribution < 1.29 is 0 Å². The zero-order valence-corrected chi connectivity index (χ0v) is 13.5. The number of nitrogens with zero attached hydrogens (tertiary/aromatic N) is 1. The first kappa shape index (κ1) is 14.2. The Morgan fingerprint density at radius 3 is 2.42 bits per heavy atom. The molecule has 0 fully saturated rings. The molecule has 0 aliphatic carbocycles. The summed E-state index contributed by atoms with van der Waals surface area (Å²) in [7, 11) is 2.01. The van der Waals surface area contributed by atoms with Crippen LogP contribution in [0.15, 0.2) is 34.8 Å². The van der Waals surface area contributed by atoms with Crippen LogP contribution >= 0.6 is 27.5 Å². The van der Waals surface area contributed by atoms with Crippen LogP contribution in [0.1, 0.15) is 11.1 Å². The van der Waals surface area contributed by atoms with Gasteiger partial charge in [0.1, 0.15) is 0 Å². The van der Waals surface area contributed by atoms with Crippen LogP contribution in [0.2, 0.25) is 5.02 Å². The molecule has 2 nitrogen and oxygen atoms in total. The highest BCUT2D eigenvalue weighted by Crippen LogP contribution is 2.35. The van der Waals surface area contributed by atoms with Crippen molar-refractivity contribution in [3.05, 3.63) is 51.0 Å². The van der Waals surface area contributed by atoms with Crippen LogP contribution in [0.3, 0.4) is 0 Å². The highest BCUT2D eigenvalue weighted by atomic mass is 79.9. The minimum atomic E-state index is 0.678. The predicted molar refractivity (Wildman–Crippen MR) is 87.5 cm³/mol. The number of benzene rings is 2. The van der Waals surface area contributed by atoms with Gasteiger partial charge in [-0.05, 0) is 49.2 Å². The normalized spacial score (nSPS) is 10.6. The summed E-state index contributed by atoms with van der Waals surface area (Å²) in [6.45, 7) is 4.06. The summed E-state index contributed by atoms with van der Waals surface area (Å²) in [6, 6.07) is 10.0. The van der Waals surface area contributed by atoms with E-state index in [1.807, 2.05) is 26.1 Å². The molecule has 0 unspecified atom stereocenters. The second-order valence-electron chi connectivity index (χ2n) is 4.65. The van der Waals surface area contributed by atoms with E-state index in [1.54, 1.807) is 6.07 Å². The molecule has 4 heteroatoms. The quantitative estimate of drug-likeness (QED) is 0.774. The molecular formula is C15H16BrClN2. The van der Waals surface area contributed by atoms with E-state index in [1.165, 1.54) is 5.56 Å². The molecule has 0 aliphatic heterocycles. The fraction of sp³-hybridized carbons (Fsp3) is 0.200. The van der Waals surface area contributed by atoms with Gasteiger partial charge in [-0.3, -0.25) is 0 Å². The fourth-order valence-electron chi connectivity index (χ4n) is 2.05. The standard InChI is InChI=1S/C15H16BrClN2/c1-9-4-5-11(16)7-14(9)19(3)15-6-10(2)12(17)8-13(15)18/h4-8H,18H2,1-3H3. The maximum Gasteiger partial charge on any atom is 0.0645 e. The van der Waals surface area contributed by atoms with Gasteiger partial charge in [-0.15, -0.1) is 0 Å². The Kier molecular flexibility index (Phi) is 4.07. The second-order valence-corrected chi connectivity index (χ2v) is 5.97. The molecule has 2 N–H and O–H groups in total. The van der Waals surface area contributed by atoms with Crippen LogP contribution < -0.4 is 10.6 Å². The Bertz CT molecular complexity index is 626. The number of hydrogen-bond donors (Lipinski definition) is 1. The molecule has 0 atom stereocenters. The Morgan fingerprint density at radius 1 is 1.05 bits per heavy atom. The van der Waals surface area contributed by atoms with Gasteiger partial charge >= 0.3 is 0 Å². The van der Waals surface area contributed by atoms with Gasteiger partial charge in [0.2, 0.25) is 0 Å². The van der Waals surface area contributed by atoms with Crippen molar-refractivity contribution in [1.29, 1.82) is 0 Å². The molecule has 0 saturated carbocycles. The molecule has 0 bridgehead atoms. The second kappa shape index (κ2) is 5.43. The van der Waals surface area contributed by atoms with Gasteiger partial charge in [-0.25, -0.2) is 0 Å². The van der Waals surface area contributed by atoms with E-state index in [0.29, 0.717) is 10.7 Å². The van der Waals surface area contributed by atoms with E-state index in [0.717, 1.165) is 21.4 Å². The van der Waals surface area contributed by atoms with E-state index in [-0.39, 0.29) is 0 Å². The number of anilines is 3. The first-order valence-electron chi connectivity index (χ1n) is 5.95. The van der Waals surface area contributed by atoms with Crippen LogP contribution in [-0.2, 0) is 0 Å². The molecule has 2 aromatic carbocycles. The molecule has 0 saturated heterocycles. The Hall–Kier alpha value is -1.19. The molecular weight excluding hydrogens is 324 g/mol. The summed E-state index contributed by atoms with van der Waals surface area (Å²) in [4.78, 5) is 2.08. The average Bonchev–Trinajstić information content (AvgIpc) is 2.36.